The van der Waals surface area contributed by atoms with Crippen LogP contribution in [0.4, 0.5) is 0 Å². The number of carbonyl (C=O) groups excluding carboxylic acids is 2. The average Bonchev–Trinajstić information content (AvgIpc) is 2.34. The van der Waals surface area contributed by atoms with Crippen LogP contribution in [-0.2, 0) is 14.3 Å². The van der Waals surface area contributed by atoms with Gasteiger partial charge in [-0.25, -0.2) is 0 Å². The number of imide groups is 1. The molecular weight excluding hydrogens is 146 g/mol. The van der Waals surface area contributed by atoms with E-state index in [1.165, 1.54) is 13.4 Å². The summed E-state index contributed by atoms with van der Waals surface area (Å²) < 4.78 is 4.66. The molecule has 4 heteroatoms. The lowest BCUT2D eigenvalue weighted by Gasteiger charge is -2.01. The fourth-order valence-corrected chi connectivity index (χ4v) is 0.986. The Labute approximate surface area is 64.4 Å². The zero-order valence-corrected chi connectivity index (χ0v) is 6.24. The fraction of sp³-hybridized carbons (Fsp3) is 0.429. The molecule has 11 heavy (non-hydrogen) atoms. The van der Waals surface area contributed by atoms with Crippen LogP contribution in [0.2, 0.25) is 0 Å². The molecule has 60 valence electrons. The standard InChI is InChI=1S/C7H9NO3/c1-11-4-6-2-3-8(5-9)7(6)10/h4-5H,2-3H2,1H3/b6-4+. The second kappa shape index (κ2) is 3.18. The van der Waals surface area contributed by atoms with Crippen LogP contribution >= 0.6 is 0 Å². The Morgan fingerprint density at radius 3 is 2.82 bits per heavy atom. The van der Waals surface area contributed by atoms with Gasteiger partial charge in [-0.1, -0.05) is 0 Å². The van der Waals surface area contributed by atoms with E-state index in [1.54, 1.807) is 0 Å². The van der Waals surface area contributed by atoms with E-state index < -0.39 is 0 Å². The Balaban J connectivity index is 2.70. The Morgan fingerprint density at radius 1 is 1.64 bits per heavy atom. The summed E-state index contributed by atoms with van der Waals surface area (Å²) in [7, 11) is 1.48. The van der Waals surface area contributed by atoms with Crippen LogP contribution in [0.1, 0.15) is 6.42 Å². The maximum absolute atomic E-state index is 11.1. The smallest absolute Gasteiger partial charge is 0.259 e. The number of methoxy groups -OCH3 is 1. The van der Waals surface area contributed by atoms with Gasteiger partial charge in [0.2, 0.25) is 6.41 Å². The molecule has 0 unspecified atom stereocenters. The summed E-state index contributed by atoms with van der Waals surface area (Å²) in [6, 6.07) is 0. The number of amides is 2. The minimum atomic E-state index is -0.248. The van der Waals surface area contributed by atoms with Crippen LogP contribution in [0.15, 0.2) is 11.8 Å². The number of hydrogen-bond acceptors (Lipinski definition) is 3. The van der Waals surface area contributed by atoms with E-state index in [0.29, 0.717) is 24.9 Å². The van der Waals surface area contributed by atoms with Crippen LogP contribution in [0.3, 0.4) is 0 Å². The van der Waals surface area contributed by atoms with Crippen molar-refractivity contribution >= 4 is 12.3 Å². The highest BCUT2D eigenvalue weighted by molar-refractivity contribution is 6.01. The molecule has 0 spiro atoms. The molecular formula is C7H9NO3. The van der Waals surface area contributed by atoms with Gasteiger partial charge >= 0.3 is 0 Å². The summed E-state index contributed by atoms with van der Waals surface area (Å²) >= 11 is 0. The van der Waals surface area contributed by atoms with E-state index >= 15 is 0 Å². The van der Waals surface area contributed by atoms with Gasteiger partial charge in [0.25, 0.3) is 5.91 Å². The first-order valence-corrected chi connectivity index (χ1v) is 3.27. The summed E-state index contributed by atoms with van der Waals surface area (Å²) in [4.78, 5) is 22.4. The first-order chi connectivity index (χ1) is 5.29. The average molecular weight is 155 g/mol. The molecule has 0 atom stereocenters. The third-order valence-corrected chi connectivity index (χ3v) is 1.54. The summed E-state index contributed by atoms with van der Waals surface area (Å²) in [5.74, 6) is -0.248. The topological polar surface area (TPSA) is 46.6 Å². The second-order valence-electron chi connectivity index (χ2n) is 2.23. The lowest BCUT2D eigenvalue weighted by molar-refractivity contribution is -0.132. The Morgan fingerprint density at radius 2 is 2.36 bits per heavy atom. The van der Waals surface area contributed by atoms with Gasteiger partial charge in [-0.3, -0.25) is 14.5 Å². The molecule has 0 aromatic carbocycles. The molecule has 1 aliphatic rings. The minimum Gasteiger partial charge on any atom is -0.504 e. The third kappa shape index (κ3) is 1.39. The number of carbonyl (C=O) groups is 2. The summed E-state index contributed by atoms with van der Waals surface area (Å²) in [6.07, 6.45) is 2.51. The first kappa shape index (κ1) is 7.78. The molecule has 4 nitrogen and oxygen atoms in total. The maximum Gasteiger partial charge on any atom is 0.259 e. The summed E-state index contributed by atoms with van der Waals surface area (Å²) in [6.45, 7) is 0.470. The Bertz CT molecular complexity index is 210. The van der Waals surface area contributed by atoms with E-state index in [2.05, 4.69) is 4.74 Å². The molecule has 2 amide bonds. The largest absolute Gasteiger partial charge is 0.504 e. The van der Waals surface area contributed by atoms with Crippen molar-refractivity contribution in [2.75, 3.05) is 13.7 Å². The molecule has 0 radical (unpaired) electrons. The van der Waals surface area contributed by atoms with Gasteiger partial charge in [-0.2, -0.15) is 0 Å². The van der Waals surface area contributed by atoms with Gasteiger partial charge in [0.1, 0.15) is 0 Å². The lowest BCUT2D eigenvalue weighted by atomic mass is 10.3. The number of nitrogens with zero attached hydrogens (tertiary/aromatic N) is 1. The first-order valence-electron chi connectivity index (χ1n) is 3.27. The van der Waals surface area contributed by atoms with Crippen molar-refractivity contribution < 1.29 is 14.3 Å². The second-order valence-corrected chi connectivity index (χ2v) is 2.23. The van der Waals surface area contributed by atoms with Crippen molar-refractivity contribution in [3.05, 3.63) is 11.8 Å². The molecule has 1 fully saturated rings. The molecule has 0 aromatic rings. The number of ether oxygens (including phenoxy) is 1. The molecule has 1 saturated heterocycles. The van der Waals surface area contributed by atoms with Crippen LogP contribution in [0.5, 0.6) is 0 Å². The quantitative estimate of drug-likeness (QED) is 0.318. The molecule has 0 bridgehead atoms. The maximum atomic E-state index is 11.1. The van der Waals surface area contributed by atoms with Crippen LogP contribution in [0.25, 0.3) is 0 Å². The van der Waals surface area contributed by atoms with Gasteiger partial charge in [-0.15, -0.1) is 0 Å². The minimum absolute atomic E-state index is 0.248. The van der Waals surface area contributed by atoms with Crippen LogP contribution < -0.4 is 0 Å². The highest BCUT2D eigenvalue weighted by atomic mass is 16.5. The zero-order valence-electron chi connectivity index (χ0n) is 6.24. The molecule has 0 N–H and O–H groups in total. The van der Waals surface area contributed by atoms with Gasteiger partial charge < -0.3 is 4.74 Å². The van der Waals surface area contributed by atoms with Crippen molar-refractivity contribution in [1.29, 1.82) is 0 Å². The van der Waals surface area contributed by atoms with Crippen molar-refractivity contribution in [2.24, 2.45) is 0 Å². The van der Waals surface area contributed by atoms with Gasteiger partial charge in [0, 0.05) is 6.54 Å². The fourth-order valence-electron chi connectivity index (χ4n) is 0.986. The van der Waals surface area contributed by atoms with Crippen LogP contribution in [-0.4, -0.2) is 30.9 Å². The van der Waals surface area contributed by atoms with E-state index in [1.807, 2.05) is 0 Å². The molecule has 1 aliphatic heterocycles. The molecule has 1 rings (SSSR count). The zero-order chi connectivity index (χ0) is 8.27. The highest BCUT2D eigenvalue weighted by Gasteiger charge is 2.25. The van der Waals surface area contributed by atoms with E-state index in [9.17, 15) is 9.59 Å². The van der Waals surface area contributed by atoms with Gasteiger partial charge in [0.15, 0.2) is 0 Å². The number of rotatable bonds is 2. The molecule has 0 saturated carbocycles. The normalized spacial score (nSPS) is 21.0. The number of likely N-dealkylation sites (tertiary alicyclic amines) is 1. The molecule has 0 aromatic heterocycles. The van der Waals surface area contributed by atoms with Gasteiger partial charge in [-0.05, 0) is 6.42 Å². The van der Waals surface area contributed by atoms with Gasteiger partial charge in [0.05, 0.1) is 18.9 Å². The van der Waals surface area contributed by atoms with E-state index in [0.717, 1.165) is 4.90 Å². The van der Waals surface area contributed by atoms with Crippen molar-refractivity contribution in [3.8, 4) is 0 Å². The Hall–Kier alpha value is -1.32. The van der Waals surface area contributed by atoms with Crippen LogP contribution in [0, 0.1) is 0 Å². The van der Waals surface area contributed by atoms with Crippen molar-refractivity contribution in [1.82, 2.24) is 4.90 Å². The molecule has 1 heterocycles. The van der Waals surface area contributed by atoms with E-state index in [4.69, 9.17) is 0 Å². The summed E-state index contributed by atoms with van der Waals surface area (Å²) in [5.41, 5.74) is 0.555. The monoisotopic (exact) mass is 155 g/mol. The third-order valence-electron chi connectivity index (χ3n) is 1.54. The van der Waals surface area contributed by atoms with E-state index in [-0.39, 0.29) is 5.91 Å². The SMILES string of the molecule is CO/C=C1\CCN(C=O)C1=O. The number of hydrogen-bond donors (Lipinski definition) is 0. The summed E-state index contributed by atoms with van der Waals surface area (Å²) in [5, 5.41) is 0. The highest BCUT2D eigenvalue weighted by Crippen LogP contribution is 2.14. The molecule has 0 aliphatic carbocycles. The predicted molar refractivity (Wildman–Crippen MR) is 37.5 cm³/mol. The lowest BCUT2D eigenvalue weighted by Crippen LogP contribution is -2.22. The van der Waals surface area contributed by atoms with Crippen molar-refractivity contribution in [2.45, 2.75) is 6.42 Å². The van der Waals surface area contributed by atoms with Crippen molar-refractivity contribution in [3.63, 3.8) is 0 Å². The predicted octanol–water partition coefficient (Wildman–Crippen LogP) is -0.0946. The Kier molecular flexibility index (Phi) is 2.25.